The van der Waals surface area contributed by atoms with E-state index in [2.05, 4.69) is 16.7 Å². The number of hydrogen-bond donors (Lipinski definition) is 1. The summed E-state index contributed by atoms with van der Waals surface area (Å²) >= 11 is 0. The first-order valence-corrected chi connectivity index (χ1v) is 4.39. The summed E-state index contributed by atoms with van der Waals surface area (Å²) in [5, 5.41) is 8.91. The third-order valence-electron chi connectivity index (χ3n) is 2.88. The van der Waals surface area contributed by atoms with Crippen molar-refractivity contribution < 1.29 is 9.90 Å². The number of nitrogens with zero attached hydrogens (tertiary/aromatic N) is 2. The largest absolute Gasteiger partial charge is 0.480 e. The number of hydrogen-bond acceptors (Lipinski definition) is 3. The Labute approximate surface area is 71.8 Å². The standard InChI is InChI=1S/C8H14N2O2/c1-6-4-9-2-3-10(6)7(5-9)8(11)12/h6-7H,2-5H2,1H3,(H,11,12)/t6-,7-/m0/s1. The van der Waals surface area contributed by atoms with Crippen LogP contribution in [-0.2, 0) is 4.79 Å². The van der Waals surface area contributed by atoms with E-state index >= 15 is 0 Å². The summed E-state index contributed by atoms with van der Waals surface area (Å²) < 4.78 is 0. The third-order valence-corrected chi connectivity index (χ3v) is 2.88. The highest BCUT2D eigenvalue weighted by molar-refractivity contribution is 5.74. The zero-order valence-corrected chi connectivity index (χ0v) is 7.23. The number of carbonyl (C=O) groups is 1. The molecule has 0 aromatic rings. The average Bonchev–Trinajstić information content (AvgIpc) is 2.04. The highest BCUT2D eigenvalue weighted by Gasteiger charge is 2.40. The van der Waals surface area contributed by atoms with Crippen LogP contribution in [0.3, 0.4) is 0 Å². The van der Waals surface area contributed by atoms with E-state index in [9.17, 15) is 4.79 Å². The lowest BCUT2D eigenvalue weighted by atomic mass is 10.0. The average molecular weight is 170 g/mol. The van der Waals surface area contributed by atoms with Crippen LogP contribution < -0.4 is 0 Å². The van der Waals surface area contributed by atoms with Gasteiger partial charge in [0.25, 0.3) is 0 Å². The Bertz CT molecular complexity index is 207. The van der Waals surface area contributed by atoms with Crippen LogP contribution in [0.5, 0.6) is 0 Å². The van der Waals surface area contributed by atoms with Gasteiger partial charge in [-0.05, 0) is 6.92 Å². The van der Waals surface area contributed by atoms with Gasteiger partial charge in [-0.2, -0.15) is 0 Å². The Morgan fingerprint density at radius 1 is 1.42 bits per heavy atom. The van der Waals surface area contributed by atoms with Crippen molar-refractivity contribution in [2.75, 3.05) is 26.2 Å². The summed E-state index contributed by atoms with van der Waals surface area (Å²) in [6.07, 6.45) is 0. The second-order valence-corrected chi connectivity index (χ2v) is 3.70. The third kappa shape index (κ3) is 1.11. The van der Waals surface area contributed by atoms with Crippen molar-refractivity contribution in [1.82, 2.24) is 9.80 Å². The molecular weight excluding hydrogens is 156 g/mol. The van der Waals surface area contributed by atoms with Crippen molar-refractivity contribution in [1.29, 1.82) is 0 Å². The van der Waals surface area contributed by atoms with Gasteiger partial charge in [0.1, 0.15) is 6.04 Å². The summed E-state index contributed by atoms with van der Waals surface area (Å²) in [6, 6.07) is 0.149. The molecule has 3 saturated heterocycles. The molecule has 3 heterocycles. The minimum Gasteiger partial charge on any atom is -0.480 e. The van der Waals surface area contributed by atoms with Crippen molar-refractivity contribution >= 4 is 5.97 Å². The van der Waals surface area contributed by atoms with Gasteiger partial charge in [0, 0.05) is 32.2 Å². The molecule has 0 aliphatic carbocycles. The Morgan fingerprint density at radius 3 is 2.58 bits per heavy atom. The van der Waals surface area contributed by atoms with Gasteiger partial charge in [-0.25, -0.2) is 0 Å². The van der Waals surface area contributed by atoms with Crippen LogP contribution in [0.25, 0.3) is 0 Å². The molecule has 0 saturated carbocycles. The van der Waals surface area contributed by atoms with E-state index in [-0.39, 0.29) is 6.04 Å². The predicted molar refractivity (Wildman–Crippen MR) is 44.0 cm³/mol. The molecule has 3 aliphatic rings. The minimum absolute atomic E-state index is 0.262. The molecule has 0 radical (unpaired) electrons. The van der Waals surface area contributed by atoms with Gasteiger partial charge < -0.3 is 5.11 Å². The number of rotatable bonds is 1. The molecule has 3 fully saturated rings. The zero-order chi connectivity index (χ0) is 8.72. The zero-order valence-electron chi connectivity index (χ0n) is 7.23. The molecule has 4 nitrogen and oxygen atoms in total. The van der Waals surface area contributed by atoms with Crippen LogP contribution in [0.1, 0.15) is 6.92 Å². The summed E-state index contributed by atoms with van der Waals surface area (Å²) in [5.41, 5.74) is 0. The number of piperazine rings is 3. The maximum absolute atomic E-state index is 10.8. The molecule has 4 atom stereocenters. The SMILES string of the molecule is C[C@H]1CN2CCN1[C@H](C(=O)O)C2. The van der Waals surface area contributed by atoms with Gasteiger partial charge in [-0.1, -0.05) is 0 Å². The summed E-state index contributed by atoms with van der Waals surface area (Å²) in [5.74, 6) is -0.675. The number of fused-ring (bicyclic) bond motifs is 3. The highest BCUT2D eigenvalue weighted by atomic mass is 16.4. The molecule has 3 aliphatic heterocycles. The van der Waals surface area contributed by atoms with E-state index in [1.807, 2.05) is 0 Å². The number of carboxylic acids is 1. The summed E-state index contributed by atoms with van der Waals surface area (Å²) in [4.78, 5) is 15.2. The van der Waals surface area contributed by atoms with Crippen molar-refractivity contribution in [3.8, 4) is 0 Å². The van der Waals surface area contributed by atoms with Crippen molar-refractivity contribution in [2.24, 2.45) is 0 Å². The van der Waals surface area contributed by atoms with Crippen molar-refractivity contribution in [2.45, 2.75) is 19.0 Å². The summed E-state index contributed by atoms with van der Waals surface area (Å²) in [7, 11) is 0. The maximum Gasteiger partial charge on any atom is 0.322 e. The second-order valence-electron chi connectivity index (χ2n) is 3.70. The fourth-order valence-electron chi connectivity index (χ4n) is 2.25. The smallest absolute Gasteiger partial charge is 0.322 e. The van der Waals surface area contributed by atoms with Crippen LogP contribution >= 0.6 is 0 Å². The van der Waals surface area contributed by atoms with Crippen molar-refractivity contribution in [3.05, 3.63) is 0 Å². The molecule has 0 spiro atoms. The van der Waals surface area contributed by atoms with Crippen LogP contribution in [0.15, 0.2) is 0 Å². The van der Waals surface area contributed by atoms with E-state index in [1.54, 1.807) is 0 Å². The number of carboxylic acid groups (broad SMARTS) is 1. The quantitative estimate of drug-likeness (QED) is 0.574. The van der Waals surface area contributed by atoms with Gasteiger partial charge in [0.15, 0.2) is 0 Å². The Morgan fingerprint density at radius 2 is 2.17 bits per heavy atom. The lowest BCUT2D eigenvalue weighted by molar-refractivity contribution is -0.151. The highest BCUT2D eigenvalue weighted by Crippen LogP contribution is 2.20. The van der Waals surface area contributed by atoms with Gasteiger partial charge in [0.2, 0.25) is 0 Å². The molecule has 4 heteroatoms. The van der Waals surface area contributed by atoms with E-state index in [1.165, 1.54) is 0 Å². The molecule has 1 N–H and O–H groups in total. The molecule has 0 aromatic carbocycles. The fourth-order valence-corrected chi connectivity index (χ4v) is 2.25. The molecule has 2 bridgehead atoms. The van der Waals surface area contributed by atoms with Crippen LogP contribution in [0.4, 0.5) is 0 Å². The van der Waals surface area contributed by atoms with Gasteiger partial charge in [0.05, 0.1) is 0 Å². The maximum atomic E-state index is 10.8. The molecular formula is C8H14N2O2. The first kappa shape index (κ1) is 8.01. The molecule has 68 valence electrons. The van der Waals surface area contributed by atoms with Gasteiger partial charge in [-0.3, -0.25) is 14.6 Å². The van der Waals surface area contributed by atoms with E-state index in [0.29, 0.717) is 12.6 Å². The van der Waals surface area contributed by atoms with Crippen LogP contribution in [-0.4, -0.2) is 59.1 Å². The van der Waals surface area contributed by atoms with E-state index < -0.39 is 5.97 Å². The Balaban J connectivity index is 2.14. The van der Waals surface area contributed by atoms with E-state index in [0.717, 1.165) is 19.6 Å². The molecule has 3 rings (SSSR count). The van der Waals surface area contributed by atoms with Crippen LogP contribution in [0, 0.1) is 0 Å². The molecule has 0 aromatic heterocycles. The lowest BCUT2D eigenvalue weighted by Gasteiger charge is -2.49. The topological polar surface area (TPSA) is 43.8 Å². The second kappa shape index (κ2) is 2.71. The normalized spacial score (nSPS) is 46.1. The van der Waals surface area contributed by atoms with Crippen LogP contribution in [0.2, 0.25) is 0 Å². The fraction of sp³-hybridized carbons (Fsp3) is 0.875. The first-order valence-electron chi connectivity index (χ1n) is 4.39. The predicted octanol–water partition coefficient (Wildman–Crippen LogP) is -0.541. The molecule has 0 amide bonds. The number of aliphatic carboxylic acids is 1. The van der Waals surface area contributed by atoms with Gasteiger partial charge in [-0.15, -0.1) is 0 Å². The monoisotopic (exact) mass is 170 g/mol. The van der Waals surface area contributed by atoms with Gasteiger partial charge >= 0.3 is 5.97 Å². The minimum atomic E-state index is -0.675. The molecule has 12 heavy (non-hydrogen) atoms. The lowest BCUT2D eigenvalue weighted by Crippen LogP contribution is -2.66. The van der Waals surface area contributed by atoms with Crippen molar-refractivity contribution in [3.63, 3.8) is 0 Å². The Kier molecular flexibility index (Phi) is 1.81. The molecule has 2 unspecified atom stereocenters. The first-order chi connectivity index (χ1) is 5.68. The Hall–Kier alpha value is -0.610. The summed E-state index contributed by atoms with van der Waals surface area (Å²) in [6.45, 7) is 5.79. The van der Waals surface area contributed by atoms with E-state index in [4.69, 9.17) is 5.11 Å².